The first-order chi connectivity index (χ1) is 12.6. The first kappa shape index (κ1) is 18.9. The van der Waals surface area contributed by atoms with Gasteiger partial charge in [-0.05, 0) is 51.4 Å². The third-order valence-corrected chi connectivity index (χ3v) is 5.98. The fraction of sp³-hybridized carbons (Fsp3) is 0.750. The number of hydrogen-bond donors (Lipinski definition) is 0. The van der Waals surface area contributed by atoms with Crippen molar-refractivity contribution >= 4 is 11.8 Å². The number of amides is 2. The normalized spacial score (nSPS) is 24.0. The minimum atomic E-state index is -0.0782. The first-order valence-corrected chi connectivity index (χ1v) is 10.2. The Balaban J connectivity index is 1.87. The van der Waals surface area contributed by atoms with Crippen LogP contribution < -0.4 is 0 Å². The molecule has 6 heteroatoms. The molecule has 0 aromatic carbocycles. The molecule has 2 aliphatic rings. The second kappa shape index (κ2) is 8.23. The lowest BCUT2D eigenvalue weighted by atomic mass is 9.98. The molecule has 0 saturated carbocycles. The Morgan fingerprint density at radius 2 is 1.50 bits per heavy atom. The van der Waals surface area contributed by atoms with Gasteiger partial charge >= 0.3 is 0 Å². The third-order valence-electron chi connectivity index (χ3n) is 5.98. The molecule has 0 bridgehead atoms. The summed E-state index contributed by atoms with van der Waals surface area (Å²) in [5, 5.41) is 4.40. The Morgan fingerprint density at radius 1 is 0.962 bits per heavy atom. The lowest BCUT2D eigenvalue weighted by Gasteiger charge is -2.36. The van der Waals surface area contributed by atoms with Gasteiger partial charge in [0.25, 0.3) is 11.8 Å². The molecule has 2 amide bonds. The van der Waals surface area contributed by atoms with E-state index in [4.69, 9.17) is 0 Å². The van der Waals surface area contributed by atoms with E-state index in [9.17, 15) is 9.59 Å². The van der Waals surface area contributed by atoms with Crippen LogP contribution in [0.25, 0.3) is 0 Å². The van der Waals surface area contributed by atoms with Crippen LogP contribution >= 0.6 is 0 Å². The maximum absolute atomic E-state index is 13.2. The second-order valence-corrected chi connectivity index (χ2v) is 7.68. The van der Waals surface area contributed by atoms with Crippen molar-refractivity contribution in [3.63, 3.8) is 0 Å². The molecule has 144 valence electrons. The summed E-state index contributed by atoms with van der Waals surface area (Å²) in [6.07, 6.45) is 10.1. The van der Waals surface area contributed by atoms with Crippen molar-refractivity contribution in [3.8, 4) is 0 Å². The van der Waals surface area contributed by atoms with Gasteiger partial charge < -0.3 is 9.80 Å². The second-order valence-electron chi connectivity index (χ2n) is 7.68. The van der Waals surface area contributed by atoms with Gasteiger partial charge in [-0.15, -0.1) is 0 Å². The maximum Gasteiger partial charge on any atom is 0.275 e. The summed E-state index contributed by atoms with van der Waals surface area (Å²) in [5.74, 6) is -0.108. The van der Waals surface area contributed by atoms with Crippen LogP contribution in [0.5, 0.6) is 0 Å². The molecule has 6 nitrogen and oxygen atoms in total. The van der Waals surface area contributed by atoms with Crippen molar-refractivity contribution in [2.45, 2.75) is 77.3 Å². The molecule has 0 radical (unpaired) electrons. The Kier molecular flexibility index (Phi) is 5.99. The number of likely N-dealkylation sites (tertiary alicyclic amines) is 2. The molecule has 3 heterocycles. The smallest absolute Gasteiger partial charge is 0.275 e. The molecule has 0 N–H and O–H groups in total. The zero-order valence-electron chi connectivity index (χ0n) is 16.4. The van der Waals surface area contributed by atoms with Crippen LogP contribution in [0.4, 0.5) is 0 Å². The lowest BCUT2D eigenvalue weighted by Crippen LogP contribution is -2.46. The Bertz CT molecular complexity index is 601. The van der Waals surface area contributed by atoms with Crippen molar-refractivity contribution in [3.05, 3.63) is 17.5 Å². The quantitative estimate of drug-likeness (QED) is 0.828. The van der Waals surface area contributed by atoms with Gasteiger partial charge in [0.1, 0.15) is 0 Å². The average molecular weight is 361 g/mol. The molecule has 0 unspecified atom stereocenters. The van der Waals surface area contributed by atoms with Crippen molar-refractivity contribution < 1.29 is 9.59 Å². The van der Waals surface area contributed by atoms with Crippen molar-refractivity contribution in [2.75, 3.05) is 13.1 Å². The van der Waals surface area contributed by atoms with Crippen molar-refractivity contribution in [1.82, 2.24) is 19.6 Å². The molecule has 2 fully saturated rings. The summed E-state index contributed by atoms with van der Waals surface area (Å²) in [7, 11) is 1.79. The number of hydrogen-bond acceptors (Lipinski definition) is 3. The van der Waals surface area contributed by atoms with E-state index in [1.807, 2.05) is 9.80 Å². The number of carbonyl (C=O) groups excluding carboxylic acids is 2. The fourth-order valence-corrected chi connectivity index (χ4v) is 4.48. The van der Waals surface area contributed by atoms with Gasteiger partial charge in [-0.25, -0.2) is 0 Å². The summed E-state index contributed by atoms with van der Waals surface area (Å²) in [6.45, 7) is 5.80. The van der Waals surface area contributed by atoms with Gasteiger partial charge in [-0.3, -0.25) is 14.3 Å². The highest BCUT2D eigenvalue weighted by atomic mass is 16.2. The fourth-order valence-electron chi connectivity index (χ4n) is 4.48. The van der Waals surface area contributed by atoms with E-state index in [1.54, 1.807) is 17.9 Å². The van der Waals surface area contributed by atoms with Gasteiger partial charge in [-0.1, -0.05) is 13.8 Å². The number of aromatic nitrogens is 2. The molecule has 1 aromatic rings. The van der Waals surface area contributed by atoms with Gasteiger partial charge in [0.2, 0.25) is 0 Å². The molecule has 2 aliphatic heterocycles. The molecule has 2 atom stereocenters. The lowest BCUT2D eigenvalue weighted by molar-refractivity contribution is 0.0564. The summed E-state index contributed by atoms with van der Waals surface area (Å²) in [6, 6.07) is 0.539. The molecular weight excluding hydrogens is 328 g/mol. The highest BCUT2D eigenvalue weighted by Crippen LogP contribution is 2.25. The predicted octanol–water partition coefficient (Wildman–Crippen LogP) is 3.23. The molecule has 2 saturated heterocycles. The summed E-state index contributed by atoms with van der Waals surface area (Å²) >= 11 is 0. The highest BCUT2D eigenvalue weighted by molar-refractivity contribution is 6.06. The monoisotopic (exact) mass is 360 g/mol. The van der Waals surface area contributed by atoms with E-state index in [0.29, 0.717) is 11.3 Å². The van der Waals surface area contributed by atoms with Crippen LogP contribution in [0.1, 0.15) is 86.1 Å². The van der Waals surface area contributed by atoms with E-state index in [0.717, 1.165) is 51.6 Å². The highest BCUT2D eigenvalue weighted by Gasteiger charge is 2.34. The SMILES string of the molecule is CC[C@@H]1CCCCN1C(=O)c1cn(C)nc1C(=O)N1CCCC[C@@H]1CC. The van der Waals surface area contributed by atoms with E-state index in [-0.39, 0.29) is 23.9 Å². The van der Waals surface area contributed by atoms with Crippen LogP contribution in [0, 0.1) is 0 Å². The van der Waals surface area contributed by atoms with Crippen LogP contribution in [-0.4, -0.2) is 56.6 Å². The summed E-state index contributed by atoms with van der Waals surface area (Å²) < 4.78 is 1.61. The number of aryl methyl sites for hydroxylation is 1. The molecule has 3 rings (SSSR count). The average Bonchev–Trinajstić information content (AvgIpc) is 3.08. The largest absolute Gasteiger partial charge is 0.336 e. The summed E-state index contributed by atoms with van der Waals surface area (Å²) in [5.41, 5.74) is 0.802. The maximum atomic E-state index is 13.2. The van der Waals surface area contributed by atoms with Gasteiger partial charge in [0.05, 0.1) is 5.56 Å². The number of carbonyl (C=O) groups is 2. The topological polar surface area (TPSA) is 58.4 Å². The summed E-state index contributed by atoms with van der Waals surface area (Å²) in [4.78, 5) is 30.4. The van der Waals surface area contributed by atoms with Gasteiger partial charge in [-0.2, -0.15) is 5.10 Å². The number of nitrogens with zero attached hydrogens (tertiary/aromatic N) is 4. The van der Waals surface area contributed by atoms with Crippen LogP contribution in [0.15, 0.2) is 6.20 Å². The molecule has 0 aliphatic carbocycles. The zero-order chi connectivity index (χ0) is 18.7. The van der Waals surface area contributed by atoms with Crippen LogP contribution in [0.3, 0.4) is 0 Å². The van der Waals surface area contributed by atoms with E-state index >= 15 is 0 Å². The standard InChI is InChI=1S/C20H32N4O2/c1-4-15-10-6-8-12-23(15)19(25)17-14-22(3)21-18(17)20(26)24-13-9-7-11-16(24)5-2/h14-16H,4-13H2,1-3H3/t15-,16+/m1/s1. The minimum absolute atomic E-state index is 0.0296. The number of rotatable bonds is 4. The molecule has 0 spiro atoms. The zero-order valence-corrected chi connectivity index (χ0v) is 16.4. The van der Waals surface area contributed by atoms with Crippen LogP contribution in [-0.2, 0) is 7.05 Å². The Labute approximate surface area is 156 Å². The van der Waals surface area contributed by atoms with Gasteiger partial charge in [0, 0.05) is 38.4 Å². The molecule has 1 aromatic heterocycles. The molecular formula is C20H32N4O2. The minimum Gasteiger partial charge on any atom is -0.336 e. The van der Waals surface area contributed by atoms with Crippen molar-refractivity contribution in [1.29, 1.82) is 0 Å². The first-order valence-electron chi connectivity index (χ1n) is 10.2. The Hall–Kier alpha value is -1.85. The third kappa shape index (κ3) is 3.64. The predicted molar refractivity (Wildman–Crippen MR) is 101 cm³/mol. The molecule has 26 heavy (non-hydrogen) atoms. The van der Waals surface area contributed by atoms with Gasteiger partial charge in [0.15, 0.2) is 5.69 Å². The Morgan fingerprint density at radius 3 is 2.04 bits per heavy atom. The number of piperidine rings is 2. The van der Waals surface area contributed by atoms with E-state index in [1.165, 1.54) is 12.8 Å². The van der Waals surface area contributed by atoms with Crippen LogP contribution in [0.2, 0.25) is 0 Å². The van der Waals surface area contributed by atoms with Crippen molar-refractivity contribution in [2.24, 2.45) is 7.05 Å². The van der Waals surface area contributed by atoms with E-state index in [2.05, 4.69) is 18.9 Å². The van der Waals surface area contributed by atoms with E-state index < -0.39 is 0 Å².